The first-order valence-electron chi connectivity index (χ1n) is 8.12. The van der Waals surface area contributed by atoms with Crippen molar-refractivity contribution in [2.24, 2.45) is 11.3 Å². The monoisotopic (exact) mass is 252 g/mol. The van der Waals surface area contributed by atoms with Gasteiger partial charge in [-0.05, 0) is 43.6 Å². The summed E-state index contributed by atoms with van der Waals surface area (Å²) in [6.07, 6.45) is 11.4. The van der Waals surface area contributed by atoms with Crippen molar-refractivity contribution in [2.75, 3.05) is 19.6 Å². The van der Waals surface area contributed by atoms with Crippen LogP contribution >= 0.6 is 0 Å². The van der Waals surface area contributed by atoms with Crippen LogP contribution in [0, 0.1) is 11.3 Å². The maximum Gasteiger partial charge on any atom is 0.0192 e. The minimum absolute atomic E-state index is 0.481. The molecule has 1 unspecified atom stereocenters. The van der Waals surface area contributed by atoms with E-state index in [1.807, 2.05) is 0 Å². The minimum Gasteiger partial charge on any atom is -0.315 e. The van der Waals surface area contributed by atoms with E-state index < -0.39 is 0 Å². The molecule has 1 saturated heterocycles. The summed E-state index contributed by atoms with van der Waals surface area (Å²) in [5.74, 6) is 0.943. The average Bonchev–Trinajstić information content (AvgIpc) is 2.41. The molecule has 2 N–H and O–H groups in total. The van der Waals surface area contributed by atoms with Crippen LogP contribution in [0.3, 0.4) is 0 Å². The predicted molar refractivity (Wildman–Crippen MR) is 78.9 cm³/mol. The molecule has 0 amide bonds. The van der Waals surface area contributed by atoms with Gasteiger partial charge in [0.15, 0.2) is 0 Å². The molecule has 0 aromatic rings. The van der Waals surface area contributed by atoms with E-state index in [2.05, 4.69) is 24.5 Å². The van der Waals surface area contributed by atoms with Crippen molar-refractivity contribution >= 4 is 0 Å². The van der Waals surface area contributed by atoms with Gasteiger partial charge in [-0.3, -0.25) is 0 Å². The fraction of sp³-hybridized carbons (Fsp3) is 1.00. The zero-order valence-corrected chi connectivity index (χ0v) is 12.4. The Balaban J connectivity index is 1.67. The first-order chi connectivity index (χ1) is 8.68. The molecule has 1 aliphatic carbocycles. The first-order valence-corrected chi connectivity index (χ1v) is 8.12. The van der Waals surface area contributed by atoms with Crippen LogP contribution in [0.2, 0.25) is 0 Å². The van der Waals surface area contributed by atoms with Gasteiger partial charge in [-0.25, -0.2) is 0 Å². The van der Waals surface area contributed by atoms with Crippen molar-refractivity contribution in [3.05, 3.63) is 0 Å². The molecule has 2 heteroatoms. The molecule has 106 valence electrons. The van der Waals surface area contributed by atoms with Gasteiger partial charge < -0.3 is 10.6 Å². The van der Waals surface area contributed by atoms with Crippen LogP contribution in [-0.4, -0.2) is 25.7 Å². The topological polar surface area (TPSA) is 24.1 Å². The standard InChI is InChI=1S/C16H32N2/c1-16(2,14-8-4-3-5-9-14)13-17-12-15-10-6-7-11-18-15/h14-15,17-18H,3-13H2,1-2H3. The van der Waals surface area contributed by atoms with Gasteiger partial charge in [0, 0.05) is 19.1 Å². The lowest BCUT2D eigenvalue weighted by Crippen LogP contribution is -2.45. The largest absolute Gasteiger partial charge is 0.315 e. The van der Waals surface area contributed by atoms with E-state index in [0.717, 1.165) is 18.5 Å². The SMILES string of the molecule is CC(C)(CNCC1CCCCN1)C1CCCCC1. The molecular weight excluding hydrogens is 220 g/mol. The Kier molecular flexibility index (Phi) is 5.50. The lowest BCUT2D eigenvalue weighted by molar-refractivity contribution is 0.152. The van der Waals surface area contributed by atoms with E-state index in [1.54, 1.807) is 0 Å². The third kappa shape index (κ3) is 4.24. The number of hydrogen-bond acceptors (Lipinski definition) is 2. The molecular formula is C16H32N2. The van der Waals surface area contributed by atoms with Crippen LogP contribution in [-0.2, 0) is 0 Å². The van der Waals surface area contributed by atoms with Crippen molar-refractivity contribution in [1.29, 1.82) is 0 Å². The fourth-order valence-electron chi connectivity index (χ4n) is 3.70. The van der Waals surface area contributed by atoms with Crippen LogP contribution in [0.25, 0.3) is 0 Å². The Hall–Kier alpha value is -0.0800. The normalized spacial score (nSPS) is 27.3. The predicted octanol–water partition coefficient (Wildman–Crippen LogP) is 3.32. The average molecular weight is 252 g/mol. The van der Waals surface area contributed by atoms with Crippen LogP contribution in [0.4, 0.5) is 0 Å². The van der Waals surface area contributed by atoms with Gasteiger partial charge in [0.1, 0.15) is 0 Å². The molecule has 2 rings (SSSR count). The second-order valence-corrected chi connectivity index (χ2v) is 7.10. The molecule has 2 aliphatic rings. The second-order valence-electron chi connectivity index (χ2n) is 7.10. The van der Waals surface area contributed by atoms with Crippen LogP contribution in [0.1, 0.15) is 65.2 Å². The third-order valence-electron chi connectivity index (χ3n) is 5.09. The zero-order chi connectivity index (χ0) is 12.8. The van der Waals surface area contributed by atoms with Crippen molar-refractivity contribution in [3.8, 4) is 0 Å². The summed E-state index contributed by atoms with van der Waals surface area (Å²) in [7, 11) is 0. The molecule has 1 saturated carbocycles. The van der Waals surface area contributed by atoms with Crippen molar-refractivity contribution in [3.63, 3.8) is 0 Å². The molecule has 1 aliphatic heterocycles. The summed E-state index contributed by atoms with van der Waals surface area (Å²) < 4.78 is 0. The zero-order valence-electron chi connectivity index (χ0n) is 12.4. The van der Waals surface area contributed by atoms with E-state index in [0.29, 0.717) is 5.41 Å². The summed E-state index contributed by atoms with van der Waals surface area (Å²) in [6, 6.07) is 0.723. The van der Waals surface area contributed by atoms with E-state index in [4.69, 9.17) is 0 Å². The molecule has 1 atom stereocenters. The Morgan fingerprint density at radius 1 is 1.00 bits per heavy atom. The number of nitrogens with one attached hydrogen (secondary N) is 2. The number of hydrogen-bond donors (Lipinski definition) is 2. The lowest BCUT2D eigenvalue weighted by atomic mass is 9.71. The molecule has 0 radical (unpaired) electrons. The van der Waals surface area contributed by atoms with Gasteiger partial charge in [0.2, 0.25) is 0 Å². The van der Waals surface area contributed by atoms with Gasteiger partial charge in [0.25, 0.3) is 0 Å². The summed E-state index contributed by atoms with van der Waals surface area (Å²) in [5, 5.41) is 7.35. The molecule has 0 aromatic heterocycles. The highest BCUT2D eigenvalue weighted by Crippen LogP contribution is 2.37. The van der Waals surface area contributed by atoms with Crippen LogP contribution in [0.15, 0.2) is 0 Å². The summed E-state index contributed by atoms with van der Waals surface area (Å²) >= 11 is 0. The van der Waals surface area contributed by atoms with Gasteiger partial charge in [0.05, 0.1) is 0 Å². The Morgan fingerprint density at radius 2 is 1.72 bits per heavy atom. The third-order valence-corrected chi connectivity index (χ3v) is 5.09. The molecule has 0 bridgehead atoms. The van der Waals surface area contributed by atoms with Crippen molar-refractivity contribution < 1.29 is 0 Å². The molecule has 0 spiro atoms. The smallest absolute Gasteiger partial charge is 0.0192 e. The lowest BCUT2D eigenvalue weighted by Gasteiger charge is -2.38. The van der Waals surface area contributed by atoms with Gasteiger partial charge in [-0.2, -0.15) is 0 Å². The van der Waals surface area contributed by atoms with E-state index in [1.165, 1.54) is 64.5 Å². The Morgan fingerprint density at radius 3 is 2.39 bits per heavy atom. The minimum atomic E-state index is 0.481. The summed E-state index contributed by atoms with van der Waals surface area (Å²) in [5.41, 5.74) is 0.481. The van der Waals surface area contributed by atoms with Crippen molar-refractivity contribution in [2.45, 2.75) is 71.3 Å². The quantitative estimate of drug-likeness (QED) is 0.784. The van der Waals surface area contributed by atoms with Gasteiger partial charge in [-0.1, -0.05) is 39.5 Å². The maximum absolute atomic E-state index is 3.73. The van der Waals surface area contributed by atoms with E-state index >= 15 is 0 Å². The highest BCUT2D eigenvalue weighted by atomic mass is 15.0. The van der Waals surface area contributed by atoms with E-state index in [-0.39, 0.29) is 0 Å². The first kappa shape index (κ1) is 14.3. The van der Waals surface area contributed by atoms with Gasteiger partial charge >= 0.3 is 0 Å². The Bertz CT molecular complexity index is 225. The summed E-state index contributed by atoms with van der Waals surface area (Å²) in [6.45, 7) is 8.50. The molecule has 0 aromatic carbocycles. The Labute approximate surface area is 113 Å². The number of piperidine rings is 1. The summed E-state index contributed by atoms with van der Waals surface area (Å²) in [4.78, 5) is 0. The highest BCUT2D eigenvalue weighted by Gasteiger charge is 2.30. The molecule has 1 heterocycles. The van der Waals surface area contributed by atoms with E-state index in [9.17, 15) is 0 Å². The molecule has 2 fully saturated rings. The van der Waals surface area contributed by atoms with Crippen LogP contribution < -0.4 is 10.6 Å². The van der Waals surface area contributed by atoms with Crippen molar-refractivity contribution in [1.82, 2.24) is 10.6 Å². The second kappa shape index (κ2) is 6.91. The highest BCUT2D eigenvalue weighted by molar-refractivity contribution is 4.84. The fourth-order valence-corrected chi connectivity index (χ4v) is 3.70. The number of rotatable bonds is 5. The van der Waals surface area contributed by atoms with Gasteiger partial charge in [-0.15, -0.1) is 0 Å². The van der Waals surface area contributed by atoms with Crippen LogP contribution in [0.5, 0.6) is 0 Å². The molecule has 2 nitrogen and oxygen atoms in total. The maximum atomic E-state index is 3.73. The molecule has 18 heavy (non-hydrogen) atoms.